The van der Waals surface area contributed by atoms with Crippen LogP contribution in [-0.4, -0.2) is 50.3 Å². The van der Waals surface area contributed by atoms with E-state index in [9.17, 15) is 9.59 Å². The van der Waals surface area contributed by atoms with E-state index in [1.165, 1.54) is 16.2 Å². The van der Waals surface area contributed by atoms with Crippen molar-refractivity contribution in [3.05, 3.63) is 44.7 Å². The quantitative estimate of drug-likeness (QED) is 0.525. The topological polar surface area (TPSA) is 75.9 Å². The van der Waals surface area contributed by atoms with Crippen LogP contribution >= 0.6 is 24.0 Å². The molecule has 0 saturated carbocycles. The second-order valence-corrected chi connectivity index (χ2v) is 9.94. The van der Waals surface area contributed by atoms with Gasteiger partial charge in [-0.15, -0.1) is 0 Å². The fraction of sp³-hybridized carbons (Fsp3) is 0.455. The van der Waals surface area contributed by atoms with Gasteiger partial charge in [-0.05, 0) is 43.4 Å². The number of ether oxygens (including phenoxy) is 1. The Morgan fingerprint density at radius 1 is 1.42 bits per heavy atom. The number of carbonyl (C=O) groups excluding carboxylic acids is 1. The number of aryl methyl sites for hydroxylation is 1. The van der Waals surface area contributed by atoms with Crippen LogP contribution < -0.4 is 10.9 Å². The van der Waals surface area contributed by atoms with E-state index in [0.717, 1.165) is 25.0 Å². The molecule has 2 aliphatic heterocycles. The maximum atomic E-state index is 13.3. The third-order valence-corrected chi connectivity index (χ3v) is 6.70. The van der Waals surface area contributed by atoms with Gasteiger partial charge >= 0.3 is 0 Å². The van der Waals surface area contributed by atoms with E-state index in [2.05, 4.69) is 19.2 Å². The molecule has 31 heavy (non-hydrogen) atoms. The smallest absolute Gasteiger partial charge is 0.267 e. The number of hydrogen-bond donors (Lipinski definition) is 1. The third-order valence-electron chi connectivity index (χ3n) is 5.32. The minimum absolute atomic E-state index is 0.0149. The fourth-order valence-corrected chi connectivity index (χ4v) is 4.91. The van der Waals surface area contributed by atoms with Crippen LogP contribution in [0.25, 0.3) is 11.7 Å². The molecule has 2 fully saturated rings. The number of thiocarbonyl (C=S) groups is 1. The molecular formula is C22H26N4O3S2. The van der Waals surface area contributed by atoms with Gasteiger partial charge in [-0.1, -0.05) is 43.9 Å². The van der Waals surface area contributed by atoms with Crippen LogP contribution in [0.4, 0.5) is 5.82 Å². The Balaban J connectivity index is 1.74. The lowest BCUT2D eigenvalue weighted by molar-refractivity contribution is -0.123. The number of amides is 1. The lowest BCUT2D eigenvalue weighted by Crippen LogP contribution is -2.35. The highest BCUT2D eigenvalue weighted by atomic mass is 32.2. The van der Waals surface area contributed by atoms with Crippen LogP contribution in [0.5, 0.6) is 0 Å². The molecule has 164 valence electrons. The number of carbonyl (C=O) groups is 1. The molecule has 7 nitrogen and oxygen atoms in total. The maximum Gasteiger partial charge on any atom is 0.267 e. The van der Waals surface area contributed by atoms with E-state index in [-0.39, 0.29) is 17.6 Å². The summed E-state index contributed by atoms with van der Waals surface area (Å²) in [5.41, 5.74) is 1.65. The standard InChI is InChI=1S/C22H26N4O3S2/c1-13(2)11-23-18-16(20(27)25-8-4-6-14(3)19(25)24-18)10-17-21(28)26(22(30)31-17)12-15-7-5-9-29-15/h4,6,8,10,13,15,23H,5,7,9,11-12H2,1-3H3/b17-10-. The first-order chi connectivity index (χ1) is 14.8. The van der Waals surface area contributed by atoms with Crippen molar-refractivity contribution in [3.63, 3.8) is 0 Å². The molecule has 0 aromatic carbocycles. The highest BCUT2D eigenvalue weighted by Crippen LogP contribution is 2.34. The molecule has 2 aromatic rings. The first-order valence-electron chi connectivity index (χ1n) is 10.5. The highest BCUT2D eigenvalue weighted by molar-refractivity contribution is 8.26. The lowest BCUT2D eigenvalue weighted by Gasteiger charge is -2.18. The van der Waals surface area contributed by atoms with Crippen LogP contribution in [0.1, 0.15) is 37.8 Å². The average Bonchev–Trinajstić information content (AvgIpc) is 3.33. The van der Waals surface area contributed by atoms with Crippen LogP contribution in [0, 0.1) is 12.8 Å². The maximum absolute atomic E-state index is 13.3. The number of fused-ring (bicyclic) bond motifs is 1. The lowest BCUT2D eigenvalue weighted by atomic mass is 10.2. The number of rotatable bonds is 6. The molecule has 1 N–H and O–H groups in total. The largest absolute Gasteiger partial charge is 0.376 e. The Bertz CT molecular complexity index is 1120. The number of anilines is 1. The molecule has 2 aromatic heterocycles. The zero-order valence-electron chi connectivity index (χ0n) is 17.9. The van der Waals surface area contributed by atoms with E-state index >= 15 is 0 Å². The molecule has 2 saturated heterocycles. The number of thioether (sulfide) groups is 1. The normalized spacial score (nSPS) is 20.6. The summed E-state index contributed by atoms with van der Waals surface area (Å²) in [6, 6.07) is 3.74. The molecule has 4 rings (SSSR count). The summed E-state index contributed by atoms with van der Waals surface area (Å²) in [6.07, 6.45) is 5.26. The Morgan fingerprint density at radius 2 is 2.23 bits per heavy atom. The van der Waals surface area contributed by atoms with E-state index in [4.69, 9.17) is 21.9 Å². The highest BCUT2D eigenvalue weighted by Gasteiger charge is 2.35. The summed E-state index contributed by atoms with van der Waals surface area (Å²) in [7, 11) is 0. The van der Waals surface area contributed by atoms with Gasteiger partial charge in [-0.2, -0.15) is 0 Å². The van der Waals surface area contributed by atoms with Crippen molar-refractivity contribution >= 4 is 51.7 Å². The molecule has 0 spiro atoms. The molecule has 4 heterocycles. The summed E-state index contributed by atoms with van der Waals surface area (Å²) in [6.45, 7) is 7.93. The molecule has 1 amide bonds. The van der Waals surface area contributed by atoms with Crippen LogP contribution in [0.3, 0.4) is 0 Å². The second kappa shape index (κ2) is 9.10. The third kappa shape index (κ3) is 4.53. The molecule has 0 aliphatic carbocycles. The zero-order valence-corrected chi connectivity index (χ0v) is 19.5. The van der Waals surface area contributed by atoms with Crippen molar-refractivity contribution in [2.45, 2.75) is 39.7 Å². The molecule has 9 heteroatoms. The van der Waals surface area contributed by atoms with Crippen molar-refractivity contribution in [2.24, 2.45) is 5.92 Å². The van der Waals surface area contributed by atoms with Crippen molar-refractivity contribution in [1.29, 1.82) is 0 Å². The summed E-state index contributed by atoms with van der Waals surface area (Å²) in [5, 5.41) is 3.29. The number of hydrogen-bond acceptors (Lipinski definition) is 7. The van der Waals surface area contributed by atoms with Crippen molar-refractivity contribution in [3.8, 4) is 0 Å². The van der Waals surface area contributed by atoms with Crippen LogP contribution in [0.15, 0.2) is 28.0 Å². The number of aromatic nitrogens is 2. The Labute approximate surface area is 190 Å². The first-order valence-corrected chi connectivity index (χ1v) is 11.7. The van der Waals surface area contributed by atoms with Gasteiger partial charge in [0.1, 0.15) is 15.8 Å². The molecule has 2 aliphatic rings. The summed E-state index contributed by atoms with van der Waals surface area (Å²) in [4.78, 5) is 33.1. The summed E-state index contributed by atoms with van der Waals surface area (Å²) >= 11 is 6.67. The SMILES string of the molecule is Cc1cccn2c(=O)c(/C=C3\SC(=S)N(CC4CCCO4)C3=O)c(NCC(C)C)nc12. The average molecular weight is 459 g/mol. The van der Waals surface area contributed by atoms with E-state index in [0.29, 0.717) is 45.3 Å². The molecule has 1 unspecified atom stereocenters. The molecule has 1 atom stereocenters. The monoisotopic (exact) mass is 458 g/mol. The summed E-state index contributed by atoms with van der Waals surface area (Å²) < 4.78 is 7.68. The predicted octanol–water partition coefficient (Wildman–Crippen LogP) is 3.45. The van der Waals surface area contributed by atoms with Gasteiger partial charge in [-0.25, -0.2) is 4.98 Å². The Kier molecular flexibility index (Phi) is 6.45. The molecule has 0 bridgehead atoms. The minimum atomic E-state index is -0.218. The van der Waals surface area contributed by atoms with Crippen molar-refractivity contribution in [1.82, 2.24) is 14.3 Å². The Morgan fingerprint density at radius 3 is 2.94 bits per heavy atom. The molecular weight excluding hydrogens is 432 g/mol. The number of pyridine rings is 1. The summed E-state index contributed by atoms with van der Waals surface area (Å²) in [5.74, 6) is 0.668. The van der Waals surface area contributed by atoms with E-state index in [1.54, 1.807) is 17.2 Å². The molecule has 0 radical (unpaired) electrons. The van der Waals surface area contributed by atoms with Gasteiger partial charge in [-0.3, -0.25) is 18.9 Å². The fourth-order valence-electron chi connectivity index (χ4n) is 3.66. The van der Waals surface area contributed by atoms with Crippen molar-refractivity contribution < 1.29 is 9.53 Å². The van der Waals surface area contributed by atoms with Gasteiger partial charge in [0.25, 0.3) is 11.5 Å². The second-order valence-electron chi connectivity index (χ2n) is 8.27. The van der Waals surface area contributed by atoms with Gasteiger partial charge in [0, 0.05) is 19.3 Å². The van der Waals surface area contributed by atoms with Gasteiger partial charge in [0.15, 0.2) is 0 Å². The van der Waals surface area contributed by atoms with E-state index < -0.39 is 0 Å². The van der Waals surface area contributed by atoms with Gasteiger partial charge in [0.2, 0.25) is 0 Å². The predicted molar refractivity (Wildman–Crippen MR) is 128 cm³/mol. The van der Waals surface area contributed by atoms with Gasteiger partial charge in [0.05, 0.1) is 23.1 Å². The van der Waals surface area contributed by atoms with Crippen LogP contribution in [-0.2, 0) is 9.53 Å². The number of nitrogens with zero attached hydrogens (tertiary/aromatic N) is 3. The number of nitrogens with one attached hydrogen (secondary N) is 1. The Hall–Kier alpha value is -2.23. The van der Waals surface area contributed by atoms with Gasteiger partial charge < -0.3 is 10.1 Å². The van der Waals surface area contributed by atoms with Crippen LogP contribution in [0.2, 0.25) is 0 Å². The minimum Gasteiger partial charge on any atom is -0.376 e. The van der Waals surface area contributed by atoms with E-state index in [1.807, 2.05) is 19.1 Å². The first kappa shape index (κ1) is 22.0. The van der Waals surface area contributed by atoms with Crippen molar-refractivity contribution in [2.75, 3.05) is 25.0 Å². The zero-order chi connectivity index (χ0) is 22.1.